The van der Waals surface area contributed by atoms with Crippen molar-refractivity contribution in [3.63, 3.8) is 0 Å². The Labute approximate surface area is 153 Å². The van der Waals surface area contributed by atoms with E-state index in [4.69, 9.17) is 0 Å². The van der Waals surface area contributed by atoms with Crippen LogP contribution in [0.15, 0.2) is 0 Å². The van der Waals surface area contributed by atoms with Crippen LogP contribution in [0.25, 0.3) is 0 Å². The van der Waals surface area contributed by atoms with Crippen molar-refractivity contribution in [2.75, 3.05) is 45.8 Å². The molecule has 1 saturated carbocycles. The van der Waals surface area contributed by atoms with E-state index in [-0.39, 0.29) is 5.91 Å². The van der Waals surface area contributed by atoms with Gasteiger partial charge in [-0.05, 0) is 25.7 Å². The average Bonchev–Trinajstić information content (AvgIpc) is 2.83. The lowest BCUT2D eigenvalue weighted by Gasteiger charge is -2.50. The molecule has 1 atom stereocenters. The molecule has 0 radical (unpaired) electrons. The van der Waals surface area contributed by atoms with Crippen molar-refractivity contribution >= 4 is 5.91 Å². The van der Waals surface area contributed by atoms with Crippen LogP contribution >= 0.6 is 0 Å². The summed E-state index contributed by atoms with van der Waals surface area (Å²) in [6, 6.07) is 2.03. The van der Waals surface area contributed by atoms with Gasteiger partial charge in [-0.25, -0.2) is 0 Å². The lowest BCUT2D eigenvalue weighted by molar-refractivity contribution is -0.121. The first-order valence-electron chi connectivity index (χ1n) is 10.8. The highest BCUT2D eigenvalue weighted by Crippen LogP contribution is 2.25. The molecule has 1 N–H and O–H groups in total. The largest absolute Gasteiger partial charge is 0.352 e. The number of hydrogen-bond acceptors (Lipinski definition) is 4. The zero-order valence-corrected chi connectivity index (χ0v) is 15.8. The second-order valence-corrected chi connectivity index (χ2v) is 8.75. The fourth-order valence-corrected chi connectivity index (χ4v) is 5.33. The number of likely N-dealkylation sites (tertiary alicyclic amines) is 1. The highest BCUT2D eigenvalue weighted by molar-refractivity contribution is 5.76. The molecule has 3 aliphatic heterocycles. The minimum Gasteiger partial charge on any atom is -0.352 e. The van der Waals surface area contributed by atoms with Gasteiger partial charge in [0.05, 0.1) is 0 Å². The lowest BCUT2D eigenvalue weighted by Crippen LogP contribution is -2.65. The molecule has 4 fully saturated rings. The maximum absolute atomic E-state index is 11.7. The molecule has 1 amide bonds. The van der Waals surface area contributed by atoms with Gasteiger partial charge in [-0.15, -0.1) is 0 Å². The zero-order chi connectivity index (χ0) is 17.1. The topological polar surface area (TPSA) is 38.8 Å². The number of nitrogens with one attached hydrogen (secondary N) is 1. The molecule has 0 spiro atoms. The van der Waals surface area contributed by atoms with Gasteiger partial charge in [-0.2, -0.15) is 0 Å². The second-order valence-electron chi connectivity index (χ2n) is 8.75. The van der Waals surface area contributed by atoms with Gasteiger partial charge in [0.2, 0.25) is 5.91 Å². The Morgan fingerprint density at radius 2 is 1.44 bits per heavy atom. The first-order valence-corrected chi connectivity index (χ1v) is 10.8. The van der Waals surface area contributed by atoms with Crippen molar-refractivity contribution in [2.24, 2.45) is 0 Å². The SMILES string of the molecule is O=C1CCCCC(CN2CC(N3CCN(C4CCCCC4)CC3)C2)N1. The van der Waals surface area contributed by atoms with Gasteiger partial charge in [0.15, 0.2) is 0 Å². The molecule has 5 nitrogen and oxygen atoms in total. The van der Waals surface area contributed by atoms with Crippen LogP contribution in [0.1, 0.15) is 57.8 Å². The minimum atomic E-state index is 0.262. The number of carbonyl (C=O) groups excluding carboxylic acids is 1. The Hall–Kier alpha value is -0.650. The molecule has 4 rings (SSSR count). The van der Waals surface area contributed by atoms with Crippen molar-refractivity contribution in [2.45, 2.75) is 75.9 Å². The van der Waals surface area contributed by atoms with E-state index in [1.54, 1.807) is 0 Å². The molecule has 0 aromatic heterocycles. The molecule has 4 aliphatic rings. The Balaban J connectivity index is 1.15. The molecule has 3 heterocycles. The molecule has 0 aromatic rings. The van der Waals surface area contributed by atoms with Gasteiger partial charge < -0.3 is 5.32 Å². The van der Waals surface area contributed by atoms with Crippen LogP contribution in [0.5, 0.6) is 0 Å². The quantitative estimate of drug-likeness (QED) is 0.839. The van der Waals surface area contributed by atoms with E-state index in [1.165, 1.54) is 77.8 Å². The van der Waals surface area contributed by atoms with Crippen LogP contribution in [0.2, 0.25) is 0 Å². The third-order valence-corrected chi connectivity index (χ3v) is 6.94. The van der Waals surface area contributed by atoms with Crippen molar-refractivity contribution in [3.8, 4) is 0 Å². The number of piperazine rings is 1. The molecular formula is C20H36N4O. The zero-order valence-electron chi connectivity index (χ0n) is 15.8. The van der Waals surface area contributed by atoms with Crippen molar-refractivity contribution in [3.05, 3.63) is 0 Å². The van der Waals surface area contributed by atoms with Gasteiger partial charge in [-0.1, -0.05) is 25.7 Å². The Morgan fingerprint density at radius 3 is 2.16 bits per heavy atom. The summed E-state index contributed by atoms with van der Waals surface area (Å²) < 4.78 is 0. The van der Waals surface area contributed by atoms with Crippen LogP contribution < -0.4 is 5.32 Å². The van der Waals surface area contributed by atoms with Gasteiger partial charge in [0, 0.05) is 70.4 Å². The molecule has 1 unspecified atom stereocenters. The Kier molecular flexibility index (Phi) is 5.94. The fraction of sp³-hybridized carbons (Fsp3) is 0.950. The molecular weight excluding hydrogens is 312 g/mol. The summed E-state index contributed by atoms with van der Waals surface area (Å²) in [5.74, 6) is 0.262. The first-order chi connectivity index (χ1) is 12.3. The molecule has 5 heteroatoms. The fourth-order valence-electron chi connectivity index (χ4n) is 5.33. The number of rotatable bonds is 4. The summed E-state index contributed by atoms with van der Waals surface area (Å²) in [5, 5.41) is 3.21. The van der Waals surface area contributed by atoms with E-state index < -0.39 is 0 Å². The molecule has 0 aromatic carbocycles. The predicted octanol–water partition coefficient (Wildman–Crippen LogP) is 1.68. The summed E-state index contributed by atoms with van der Waals surface area (Å²) >= 11 is 0. The van der Waals surface area contributed by atoms with E-state index in [9.17, 15) is 4.79 Å². The number of amides is 1. The minimum absolute atomic E-state index is 0.262. The smallest absolute Gasteiger partial charge is 0.220 e. The summed E-state index contributed by atoms with van der Waals surface area (Å²) in [7, 11) is 0. The van der Waals surface area contributed by atoms with Crippen LogP contribution in [-0.4, -0.2) is 84.5 Å². The monoisotopic (exact) mass is 348 g/mol. The van der Waals surface area contributed by atoms with E-state index in [0.717, 1.165) is 37.9 Å². The normalized spacial score (nSPS) is 32.2. The third kappa shape index (κ3) is 4.55. The van der Waals surface area contributed by atoms with Crippen molar-refractivity contribution in [1.29, 1.82) is 0 Å². The lowest BCUT2D eigenvalue weighted by atomic mass is 9.93. The van der Waals surface area contributed by atoms with Crippen LogP contribution in [-0.2, 0) is 4.79 Å². The maximum Gasteiger partial charge on any atom is 0.220 e. The Bertz CT molecular complexity index is 437. The van der Waals surface area contributed by atoms with Crippen LogP contribution in [0.4, 0.5) is 0 Å². The van der Waals surface area contributed by atoms with E-state index in [2.05, 4.69) is 20.0 Å². The molecule has 0 bridgehead atoms. The van der Waals surface area contributed by atoms with Gasteiger partial charge in [-0.3, -0.25) is 19.5 Å². The van der Waals surface area contributed by atoms with E-state index >= 15 is 0 Å². The predicted molar refractivity (Wildman–Crippen MR) is 101 cm³/mol. The second kappa shape index (κ2) is 8.36. The summed E-state index contributed by atoms with van der Waals surface area (Å²) in [6.45, 7) is 8.54. The molecule has 3 saturated heterocycles. The van der Waals surface area contributed by atoms with Gasteiger partial charge in [0.1, 0.15) is 0 Å². The third-order valence-electron chi connectivity index (χ3n) is 6.94. The highest BCUT2D eigenvalue weighted by atomic mass is 16.1. The average molecular weight is 349 g/mol. The first kappa shape index (κ1) is 17.7. The number of carbonyl (C=O) groups is 1. The molecule has 25 heavy (non-hydrogen) atoms. The number of nitrogens with zero attached hydrogens (tertiary/aromatic N) is 3. The summed E-state index contributed by atoms with van der Waals surface area (Å²) in [5.41, 5.74) is 0. The Morgan fingerprint density at radius 1 is 0.800 bits per heavy atom. The molecule has 1 aliphatic carbocycles. The summed E-state index contributed by atoms with van der Waals surface area (Å²) in [6.07, 6.45) is 11.4. The highest BCUT2D eigenvalue weighted by Gasteiger charge is 2.35. The van der Waals surface area contributed by atoms with Crippen LogP contribution in [0, 0.1) is 0 Å². The maximum atomic E-state index is 11.7. The van der Waals surface area contributed by atoms with Crippen LogP contribution in [0.3, 0.4) is 0 Å². The van der Waals surface area contributed by atoms with E-state index in [1.807, 2.05) is 0 Å². The van der Waals surface area contributed by atoms with Crippen molar-refractivity contribution in [1.82, 2.24) is 20.0 Å². The van der Waals surface area contributed by atoms with Gasteiger partial charge in [0.25, 0.3) is 0 Å². The van der Waals surface area contributed by atoms with E-state index in [0.29, 0.717) is 6.04 Å². The molecule has 142 valence electrons. The summed E-state index contributed by atoms with van der Waals surface area (Å²) in [4.78, 5) is 19.8. The number of hydrogen-bond donors (Lipinski definition) is 1. The van der Waals surface area contributed by atoms with Crippen molar-refractivity contribution < 1.29 is 4.79 Å². The standard InChI is InChI=1S/C20H36N4O/c25-20-9-5-4-6-17(21-20)14-22-15-19(16-22)24-12-10-23(11-13-24)18-7-2-1-3-8-18/h17-19H,1-16H2,(H,21,25). The van der Waals surface area contributed by atoms with Gasteiger partial charge >= 0.3 is 0 Å².